The van der Waals surface area contributed by atoms with Gasteiger partial charge in [0.1, 0.15) is 11.6 Å². The summed E-state index contributed by atoms with van der Waals surface area (Å²) in [5, 5.41) is 11.1. The molecule has 0 bridgehead atoms. The molecule has 2 aromatic carbocycles. The number of hydrogen-bond donors (Lipinski definition) is 2. The highest BCUT2D eigenvalue weighted by atomic mass is 32.2. The molecule has 0 radical (unpaired) electrons. The zero-order valence-corrected chi connectivity index (χ0v) is 16.7. The average molecular weight is 398 g/mol. The summed E-state index contributed by atoms with van der Waals surface area (Å²) in [7, 11) is -2.10. The van der Waals surface area contributed by atoms with E-state index in [1.165, 1.54) is 0 Å². The topological polar surface area (TPSA) is 93.2 Å². The minimum atomic E-state index is -3.73. The van der Waals surface area contributed by atoms with Crippen LogP contribution in [0.5, 0.6) is 5.75 Å². The van der Waals surface area contributed by atoms with Crippen LogP contribution >= 0.6 is 0 Å². The largest absolute Gasteiger partial charge is 0.497 e. The van der Waals surface area contributed by atoms with Gasteiger partial charge in [-0.2, -0.15) is 0 Å². The average Bonchev–Trinajstić information content (AvgIpc) is 2.69. The molecule has 0 spiro atoms. The lowest BCUT2D eigenvalue weighted by atomic mass is 10.2. The molecule has 1 heterocycles. The predicted octanol–water partition coefficient (Wildman–Crippen LogP) is 3.51. The molecular weight excluding hydrogens is 376 g/mol. The zero-order chi connectivity index (χ0) is 20.1. The summed E-state index contributed by atoms with van der Waals surface area (Å²) in [5.74, 6) is 1.51. The molecule has 7 nitrogen and oxygen atoms in total. The van der Waals surface area contributed by atoms with E-state index in [1.54, 1.807) is 38.3 Å². The Hall–Kier alpha value is -3.13. The zero-order valence-electron chi connectivity index (χ0n) is 15.9. The Balaban J connectivity index is 1.66. The summed E-state index contributed by atoms with van der Waals surface area (Å²) >= 11 is 0. The molecule has 0 saturated heterocycles. The van der Waals surface area contributed by atoms with Crippen molar-refractivity contribution in [2.45, 2.75) is 25.3 Å². The maximum absolute atomic E-state index is 12.6. The summed E-state index contributed by atoms with van der Waals surface area (Å²) < 4.78 is 32.8. The van der Waals surface area contributed by atoms with Gasteiger partial charge in [-0.05, 0) is 60.9 Å². The van der Waals surface area contributed by atoms with Gasteiger partial charge >= 0.3 is 0 Å². The Morgan fingerprint density at radius 3 is 2.25 bits per heavy atom. The van der Waals surface area contributed by atoms with Crippen molar-refractivity contribution in [2.24, 2.45) is 0 Å². The number of nitrogens with zero attached hydrogens (tertiary/aromatic N) is 2. The number of anilines is 2. The first kappa shape index (κ1) is 19.6. The van der Waals surface area contributed by atoms with Crippen molar-refractivity contribution in [3.63, 3.8) is 0 Å². The van der Waals surface area contributed by atoms with Crippen molar-refractivity contribution in [3.8, 4) is 5.75 Å². The number of sulfonamides is 1. The molecule has 2 N–H and O–H groups in total. The highest BCUT2D eigenvalue weighted by Crippen LogP contribution is 2.20. The van der Waals surface area contributed by atoms with E-state index in [0.29, 0.717) is 17.9 Å². The van der Waals surface area contributed by atoms with Gasteiger partial charge in [0.2, 0.25) is 0 Å². The minimum absolute atomic E-state index is 0.163. The number of nitrogens with one attached hydrogen (secondary N) is 2. The highest BCUT2D eigenvalue weighted by molar-refractivity contribution is 7.92. The maximum atomic E-state index is 12.6. The second-order valence-electron chi connectivity index (χ2n) is 6.38. The number of methoxy groups -OCH3 is 1. The fourth-order valence-corrected chi connectivity index (χ4v) is 3.93. The maximum Gasteiger partial charge on any atom is 0.263 e. The van der Waals surface area contributed by atoms with Crippen molar-refractivity contribution in [3.05, 3.63) is 71.3 Å². The number of aryl methyl sites for hydroxylation is 2. The molecule has 0 saturated carbocycles. The van der Waals surface area contributed by atoms with Crippen LogP contribution in [0.4, 0.5) is 11.6 Å². The third kappa shape index (κ3) is 4.77. The predicted molar refractivity (Wildman–Crippen MR) is 109 cm³/mol. The Morgan fingerprint density at radius 1 is 0.929 bits per heavy atom. The summed E-state index contributed by atoms with van der Waals surface area (Å²) in [4.78, 5) is 0.232. The quantitative estimate of drug-likeness (QED) is 0.633. The van der Waals surface area contributed by atoms with E-state index < -0.39 is 10.0 Å². The van der Waals surface area contributed by atoms with Gasteiger partial charge in [0, 0.05) is 6.54 Å². The molecule has 3 rings (SSSR count). The van der Waals surface area contributed by atoms with Crippen LogP contribution in [-0.4, -0.2) is 25.7 Å². The van der Waals surface area contributed by atoms with E-state index in [1.807, 2.05) is 37.3 Å². The number of ether oxygens (including phenoxy) is 1. The summed E-state index contributed by atoms with van der Waals surface area (Å²) in [6, 6.07) is 16.2. The van der Waals surface area contributed by atoms with Gasteiger partial charge in [-0.1, -0.05) is 24.3 Å². The van der Waals surface area contributed by atoms with Crippen molar-refractivity contribution < 1.29 is 13.2 Å². The third-order valence-electron chi connectivity index (χ3n) is 4.17. The van der Waals surface area contributed by atoms with E-state index in [2.05, 4.69) is 20.2 Å². The van der Waals surface area contributed by atoms with Gasteiger partial charge in [0.05, 0.1) is 12.0 Å². The first-order valence-electron chi connectivity index (χ1n) is 8.68. The van der Waals surface area contributed by atoms with E-state index >= 15 is 0 Å². The number of benzene rings is 2. The molecule has 146 valence electrons. The Kier molecular flexibility index (Phi) is 5.79. The van der Waals surface area contributed by atoms with E-state index in [9.17, 15) is 8.42 Å². The fraction of sp³-hybridized carbons (Fsp3) is 0.200. The number of aromatic nitrogens is 2. The molecular formula is C20H22N4O3S. The van der Waals surface area contributed by atoms with Crippen LogP contribution in [-0.2, 0) is 16.6 Å². The third-order valence-corrected chi connectivity index (χ3v) is 5.67. The lowest BCUT2D eigenvalue weighted by Gasteiger charge is -2.11. The van der Waals surface area contributed by atoms with Crippen molar-refractivity contribution in [2.75, 3.05) is 17.1 Å². The van der Waals surface area contributed by atoms with Gasteiger partial charge in [0.25, 0.3) is 10.0 Å². The SMILES string of the molecule is COc1ccc(CNc2ccc(NS(=O)(=O)c3cc(C)ccc3C)nn2)cc1. The first-order chi connectivity index (χ1) is 13.4. The lowest BCUT2D eigenvalue weighted by Crippen LogP contribution is -2.16. The molecule has 28 heavy (non-hydrogen) atoms. The van der Waals surface area contributed by atoms with Crippen molar-refractivity contribution in [1.29, 1.82) is 0 Å². The van der Waals surface area contributed by atoms with Gasteiger partial charge in [-0.3, -0.25) is 4.72 Å². The van der Waals surface area contributed by atoms with Gasteiger partial charge in [0.15, 0.2) is 5.82 Å². The normalized spacial score (nSPS) is 11.1. The molecule has 3 aromatic rings. The Labute approximate surface area is 164 Å². The number of rotatable bonds is 7. The molecule has 0 atom stereocenters. The van der Waals surface area contributed by atoms with Crippen LogP contribution in [0, 0.1) is 13.8 Å². The van der Waals surface area contributed by atoms with Gasteiger partial charge in [-0.25, -0.2) is 8.42 Å². The van der Waals surface area contributed by atoms with Crippen LogP contribution in [0.25, 0.3) is 0 Å². The smallest absolute Gasteiger partial charge is 0.263 e. The molecule has 8 heteroatoms. The first-order valence-corrected chi connectivity index (χ1v) is 10.2. The molecule has 0 unspecified atom stereocenters. The summed E-state index contributed by atoms with van der Waals surface area (Å²) in [6.07, 6.45) is 0. The standard InChI is InChI=1S/C20H22N4O3S/c1-14-4-5-15(2)18(12-14)28(25,26)24-20-11-10-19(22-23-20)21-13-16-6-8-17(27-3)9-7-16/h4-12H,13H2,1-3H3,(H,21,22)(H,23,24). The molecule has 0 aliphatic carbocycles. The summed E-state index contributed by atoms with van der Waals surface area (Å²) in [5.41, 5.74) is 2.60. The van der Waals surface area contributed by atoms with E-state index in [4.69, 9.17) is 4.74 Å². The molecule has 0 fully saturated rings. The van der Waals surface area contributed by atoms with Crippen LogP contribution < -0.4 is 14.8 Å². The molecule has 0 aliphatic rings. The molecule has 0 amide bonds. The van der Waals surface area contributed by atoms with Crippen LogP contribution in [0.1, 0.15) is 16.7 Å². The Bertz CT molecular complexity index is 1050. The second-order valence-corrected chi connectivity index (χ2v) is 8.03. The molecule has 0 aliphatic heterocycles. The lowest BCUT2D eigenvalue weighted by molar-refractivity contribution is 0.414. The Morgan fingerprint density at radius 2 is 1.61 bits per heavy atom. The van der Waals surface area contributed by atoms with E-state index in [-0.39, 0.29) is 10.7 Å². The van der Waals surface area contributed by atoms with Crippen molar-refractivity contribution in [1.82, 2.24) is 10.2 Å². The highest BCUT2D eigenvalue weighted by Gasteiger charge is 2.18. The second kappa shape index (κ2) is 8.26. The number of hydrogen-bond acceptors (Lipinski definition) is 6. The van der Waals surface area contributed by atoms with E-state index in [0.717, 1.165) is 16.9 Å². The minimum Gasteiger partial charge on any atom is -0.497 e. The van der Waals surface area contributed by atoms with Gasteiger partial charge < -0.3 is 10.1 Å². The molecule has 1 aromatic heterocycles. The van der Waals surface area contributed by atoms with Crippen molar-refractivity contribution >= 4 is 21.7 Å². The monoisotopic (exact) mass is 398 g/mol. The van der Waals surface area contributed by atoms with Crippen LogP contribution in [0.3, 0.4) is 0 Å². The summed E-state index contributed by atoms with van der Waals surface area (Å²) in [6.45, 7) is 4.17. The van der Waals surface area contributed by atoms with Gasteiger partial charge in [-0.15, -0.1) is 10.2 Å². The van der Waals surface area contributed by atoms with Crippen LogP contribution in [0.2, 0.25) is 0 Å². The van der Waals surface area contributed by atoms with Crippen LogP contribution in [0.15, 0.2) is 59.5 Å². The fourth-order valence-electron chi connectivity index (χ4n) is 2.61.